The zero-order valence-electron chi connectivity index (χ0n) is 4.09. The molecule has 38 valence electrons. The predicted octanol–water partition coefficient (Wildman–Crippen LogP) is 0.632. The fraction of sp³-hybridized carbons (Fsp3) is 0.500. The highest BCUT2D eigenvalue weighted by Crippen LogP contribution is 1.88. The molecule has 0 N–H and O–H groups in total. The predicted molar refractivity (Wildman–Crippen MR) is 23.7 cm³/mol. The van der Waals surface area contributed by atoms with Crippen LogP contribution in [0.3, 0.4) is 0 Å². The van der Waals surface area contributed by atoms with Crippen LogP contribution in [0.1, 0.15) is 12.6 Å². The van der Waals surface area contributed by atoms with E-state index in [2.05, 4.69) is 14.9 Å². The van der Waals surface area contributed by atoms with E-state index >= 15 is 0 Å². The van der Waals surface area contributed by atoms with E-state index in [-0.39, 0.29) is 0 Å². The van der Waals surface area contributed by atoms with Crippen molar-refractivity contribution in [3.05, 3.63) is 12.0 Å². The molecule has 1 aromatic rings. The van der Waals surface area contributed by atoms with Crippen LogP contribution in [-0.4, -0.2) is 10.4 Å². The molecule has 0 fully saturated rings. The van der Waals surface area contributed by atoms with Gasteiger partial charge in [0.05, 0.1) is 0 Å². The smallest absolute Gasteiger partial charge is 0.147 e. The van der Waals surface area contributed by atoms with E-state index in [1.54, 1.807) is 6.26 Å². The van der Waals surface area contributed by atoms with Gasteiger partial charge >= 0.3 is 0 Å². The van der Waals surface area contributed by atoms with Gasteiger partial charge in [0.15, 0.2) is 0 Å². The quantitative estimate of drug-likeness (QED) is 0.517. The average molecular weight is 98.1 g/mol. The van der Waals surface area contributed by atoms with Crippen molar-refractivity contribution in [3.8, 4) is 0 Å². The van der Waals surface area contributed by atoms with Gasteiger partial charge in [-0.2, -0.15) is 0 Å². The number of rotatable bonds is 1. The molecule has 0 amide bonds. The normalized spacial score (nSPS) is 9.29. The van der Waals surface area contributed by atoms with Gasteiger partial charge in [-0.25, -0.2) is 0 Å². The van der Waals surface area contributed by atoms with Crippen LogP contribution in [0.4, 0.5) is 0 Å². The molecule has 0 saturated carbocycles. The van der Waals surface area contributed by atoms with Crippen molar-refractivity contribution >= 4 is 0 Å². The van der Waals surface area contributed by atoms with Gasteiger partial charge in [-0.05, 0) is 6.42 Å². The van der Waals surface area contributed by atoms with Crippen molar-refractivity contribution in [1.82, 2.24) is 10.4 Å². The Hall–Kier alpha value is -0.860. The molecule has 1 rings (SSSR count). The van der Waals surface area contributed by atoms with Crippen LogP contribution in [0, 0.1) is 0 Å². The van der Waals surface area contributed by atoms with Gasteiger partial charge in [0.25, 0.3) is 0 Å². The fourth-order valence-electron chi connectivity index (χ4n) is 0.338. The second-order valence-corrected chi connectivity index (χ2v) is 1.25. The van der Waals surface area contributed by atoms with Gasteiger partial charge in [-0.1, -0.05) is 6.92 Å². The second-order valence-electron chi connectivity index (χ2n) is 1.25. The van der Waals surface area contributed by atoms with Crippen LogP contribution in [0.25, 0.3) is 0 Å². The van der Waals surface area contributed by atoms with Gasteiger partial charge in [-0.15, -0.1) is 5.10 Å². The maximum absolute atomic E-state index is 4.44. The number of nitrogens with zero attached hydrogens (tertiary/aromatic N) is 2. The van der Waals surface area contributed by atoms with E-state index < -0.39 is 0 Å². The van der Waals surface area contributed by atoms with Gasteiger partial charge < -0.3 is 4.52 Å². The molecule has 0 aliphatic rings. The molecule has 0 aromatic carbocycles. The first-order chi connectivity index (χ1) is 3.43. The molecule has 3 heteroatoms. The maximum atomic E-state index is 4.44. The monoisotopic (exact) mass is 98.0 g/mol. The van der Waals surface area contributed by atoms with Crippen LogP contribution in [0.2, 0.25) is 0 Å². The van der Waals surface area contributed by atoms with E-state index in [0.717, 1.165) is 12.1 Å². The van der Waals surface area contributed by atoms with Crippen LogP contribution < -0.4 is 0 Å². The minimum atomic E-state index is 0.892. The Morgan fingerprint density at radius 1 is 1.86 bits per heavy atom. The highest BCUT2D eigenvalue weighted by molar-refractivity contribution is 4.85. The lowest BCUT2D eigenvalue weighted by Gasteiger charge is -1.72. The summed E-state index contributed by atoms with van der Waals surface area (Å²) < 4.78 is 4.44. The van der Waals surface area contributed by atoms with Crippen LogP contribution in [0.15, 0.2) is 10.8 Å². The first kappa shape index (κ1) is 4.30. The van der Waals surface area contributed by atoms with E-state index in [1.807, 2.05) is 6.92 Å². The van der Waals surface area contributed by atoms with Crippen molar-refractivity contribution < 1.29 is 4.52 Å². The maximum Gasteiger partial charge on any atom is 0.147 e. The summed E-state index contributed by atoms with van der Waals surface area (Å²) in [6.45, 7) is 2.00. The molecule has 0 saturated heterocycles. The third kappa shape index (κ3) is 0.765. The molecule has 0 unspecified atom stereocenters. The molecule has 0 radical (unpaired) electrons. The number of hydrogen-bond acceptors (Lipinski definition) is 3. The molecule has 1 heterocycles. The first-order valence-electron chi connectivity index (χ1n) is 2.19. The summed E-state index contributed by atoms with van der Waals surface area (Å²) in [6, 6.07) is 0. The van der Waals surface area contributed by atoms with Gasteiger partial charge in [0, 0.05) is 5.27 Å². The summed E-state index contributed by atoms with van der Waals surface area (Å²) in [6.07, 6.45) is 2.43. The van der Waals surface area contributed by atoms with Crippen molar-refractivity contribution in [2.75, 3.05) is 0 Å². The Morgan fingerprint density at radius 2 is 2.71 bits per heavy atom. The molecule has 1 aromatic heterocycles. The summed E-state index contributed by atoms with van der Waals surface area (Å²) in [5.74, 6) is 0. The Labute approximate surface area is 41.3 Å². The van der Waals surface area contributed by atoms with E-state index in [4.69, 9.17) is 0 Å². The molecular formula is C4H6N2O. The lowest BCUT2D eigenvalue weighted by Crippen LogP contribution is -1.75. The topological polar surface area (TPSA) is 38.9 Å². The molecule has 0 atom stereocenters. The van der Waals surface area contributed by atoms with Gasteiger partial charge in [0.1, 0.15) is 12.0 Å². The molecule has 0 bridgehead atoms. The number of aryl methyl sites for hydroxylation is 1. The summed E-state index contributed by atoms with van der Waals surface area (Å²) in [5.41, 5.74) is 0.903. The first-order valence-corrected chi connectivity index (χ1v) is 2.19. The minimum Gasteiger partial charge on any atom is -0.345 e. The average Bonchev–Trinajstić information content (AvgIpc) is 2.14. The Morgan fingerprint density at radius 3 is 3.00 bits per heavy atom. The third-order valence-electron chi connectivity index (χ3n) is 0.767. The molecule has 0 aliphatic heterocycles. The summed E-state index contributed by atoms with van der Waals surface area (Å²) in [5, 5.41) is 6.89. The Kier molecular flexibility index (Phi) is 1.06. The molecule has 0 spiro atoms. The Balaban J connectivity index is 2.76. The lowest BCUT2D eigenvalue weighted by atomic mass is 10.4. The fourth-order valence-corrected chi connectivity index (χ4v) is 0.338. The SMILES string of the molecule is CCc1conn1. The molecule has 7 heavy (non-hydrogen) atoms. The molecule has 0 aliphatic carbocycles. The summed E-state index contributed by atoms with van der Waals surface area (Å²) in [7, 11) is 0. The lowest BCUT2D eigenvalue weighted by molar-refractivity contribution is 0.392. The van der Waals surface area contributed by atoms with Gasteiger partial charge in [-0.3, -0.25) is 0 Å². The second kappa shape index (κ2) is 1.73. The molecule has 3 nitrogen and oxygen atoms in total. The number of hydrogen-bond donors (Lipinski definition) is 0. The van der Waals surface area contributed by atoms with E-state index in [9.17, 15) is 0 Å². The van der Waals surface area contributed by atoms with Gasteiger partial charge in [0.2, 0.25) is 0 Å². The third-order valence-corrected chi connectivity index (χ3v) is 0.767. The highest BCUT2D eigenvalue weighted by Gasteiger charge is 1.87. The van der Waals surface area contributed by atoms with Crippen LogP contribution in [-0.2, 0) is 6.42 Å². The van der Waals surface area contributed by atoms with Crippen molar-refractivity contribution in [2.24, 2.45) is 0 Å². The number of aromatic nitrogens is 2. The minimum absolute atomic E-state index is 0.892. The standard InChI is InChI=1S/C4H6N2O/c1-2-4-3-7-6-5-4/h3H,2H2,1H3. The van der Waals surface area contributed by atoms with E-state index in [0.29, 0.717) is 0 Å². The van der Waals surface area contributed by atoms with Crippen molar-refractivity contribution in [2.45, 2.75) is 13.3 Å². The van der Waals surface area contributed by atoms with Crippen molar-refractivity contribution in [3.63, 3.8) is 0 Å². The van der Waals surface area contributed by atoms with E-state index in [1.165, 1.54) is 0 Å². The zero-order chi connectivity index (χ0) is 5.11. The Bertz CT molecular complexity index is 124. The van der Waals surface area contributed by atoms with Crippen LogP contribution >= 0.6 is 0 Å². The zero-order valence-corrected chi connectivity index (χ0v) is 4.09. The summed E-state index contributed by atoms with van der Waals surface area (Å²) in [4.78, 5) is 0. The van der Waals surface area contributed by atoms with Crippen molar-refractivity contribution in [1.29, 1.82) is 0 Å². The molecular weight excluding hydrogens is 92.1 g/mol. The largest absolute Gasteiger partial charge is 0.345 e. The highest BCUT2D eigenvalue weighted by atomic mass is 16.5. The van der Waals surface area contributed by atoms with Crippen LogP contribution in [0.5, 0.6) is 0 Å². The summed E-state index contributed by atoms with van der Waals surface area (Å²) >= 11 is 0.